The molecule has 1 aliphatic rings. The van der Waals surface area contributed by atoms with E-state index in [9.17, 15) is 9.18 Å². The predicted molar refractivity (Wildman–Crippen MR) is 67.0 cm³/mol. The molecule has 0 aliphatic carbocycles. The molecule has 0 unspecified atom stereocenters. The number of rotatable bonds is 4. The van der Waals surface area contributed by atoms with Crippen LogP contribution in [-0.2, 0) is 4.74 Å². The number of ether oxygens (including phenoxy) is 1. The highest BCUT2D eigenvalue weighted by molar-refractivity contribution is 5.89. The average Bonchev–Trinajstić information content (AvgIpc) is 2.82. The van der Waals surface area contributed by atoms with Crippen LogP contribution in [0.3, 0.4) is 0 Å². The van der Waals surface area contributed by atoms with Crippen molar-refractivity contribution in [2.45, 2.75) is 25.9 Å². The second kappa shape index (κ2) is 5.96. The van der Waals surface area contributed by atoms with Gasteiger partial charge in [-0.1, -0.05) is 0 Å². The largest absolute Gasteiger partial charge is 0.458 e. The van der Waals surface area contributed by atoms with Crippen molar-refractivity contribution < 1.29 is 13.9 Å². The zero-order chi connectivity index (χ0) is 13.0. The Labute approximate surface area is 107 Å². The topological polar surface area (TPSA) is 29.5 Å². The summed E-state index contributed by atoms with van der Waals surface area (Å²) in [6, 6.07) is 5.42. The number of benzene rings is 1. The van der Waals surface area contributed by atoms with Crippen molar-refractivity contribution in [1.82, 2.24) is 4.90 Å². The van der Waals surface area contributed by atoms with E-state index in [2.05, 4.69) is 4.90 Å². The van der Waals surface area contributed by atoms with E-state index >= 15 is 0 Å². The first-order valence-electron chi connectivity index (χ1n) is 6.34. The molecule has 1 heterocycles. The maximum atomic E-state index is 12.7. The molecular formula is C14H18FNO2. The average molecular weight is 251 g/mol. The Hall–Kier alpha value is -1.42. The van der Waals surface area contributed by atoms with Crippen LogP contribution >= 0.6 is 0 Å². The van der Waals surface area contributed by atoms with Crippen LogP contribution in [0.2, 0.25) is 0 Å². The number of likely N-dealkylation sites (tertiary alicyclic amines) is 1. The van der Waals surface area contributed by atoms with Gasteiger partial charge in [0.15, 0.2) is 0 Å². The highest BCUT2D eigenvalue weighted by atomic mass is 19.1. The summed E-state index contributed by atoms with van der Waals surface area (Å²) in [6.45, 7) is 4.82. The molecule has 0 aromatic heterocycles. The van der Waals surface area contributed by atoms with Crippen LogP contribution in [0.5, 0.6) is 0 Å². The van der Waals surface area contributed by atoms with Crippen molar-refractivity contribution in [3.63, 3.8) is 0 Å². The number of hydrogen-bond acceptors (Lipinski definition) is 3. The van der Waals surface area contributed by atoms with Gasteiger partial charge in [-0.15, -0.1) is 0 Å². The molecule has 1 atom stereocenters. The zero-order valence-corrected chi connectivity index (χ0v) is 10.6. The Morgan fingerprint density at radius 3 is 2.56 bits per heavy atom. The summed E-state index contributed by atoms with van der Waals surface area (Å²) in [5.41, 5.74) is 0.393. The molecule has 98 valence electrons. The Kier molecular flexibility index (Phi) is 4.31. The first kappa shape index (κ1) is 13.0. The molecule has 1 aliphatic heterocycles. The summed E-state index contributed by atoms with van der Waals surface area (Å²) in [4.78, 5) is 14.1. The maximum Gasteiger partial charge on any atom is 0.338 e. The minimum absolute atomic E-state index is 0.138. The lowest BCUT2D eigenvalue weighted by molar-refractivity contribution is 0.0271. The Bertz CT molecular complexity index is 399. The molecule has 3 nitrogen and oxygen atoms in total. The molecule has 1 aromatic rings. The first-order valence-corrected chi connectivity index (χ1v) is 6.34. The number of esters is 1. The van der Waals surface area contributed by atoms with E-state index in [-0.39, 0.29) is 17.9 Å². The normalized spacial score (nSPS) is 17.7. The lowest BCUT2D eigenvalue weighted by Crippen LogP contribution is -2.31. The van der Waals surface area contributed by atoms with Gasteiger partial charge in [-0.05, 0) is 57.1 Å². The zero-order valence-electron chi connectivity index (χ0n) is 10.6. The summed E-state index contributed by atoms with van der Waals surface area (Å²) < 4.78 is 18.1. The second-order valence-electron chi connectivity index (χ2n) is 4.73. The van der Waals surface area contributed by atoms with Crippen LogP contribution in [0, 0.1) is 5.82 Å². The van der Waals surface area contributed by atoms with Crippen molar-refractivity contribution in [2.75, 3.05) is 19.6 Å². The fourth-order valence-corrected chi connectivity index (χ4v) is 2.20. The van der Waals surface area contributed by atoms with Crippen molar-refractivity contribution in [3.8, 4) is 0 Å². The molecule has 0 amide bonds. The van der Waals surface area contributed by atoms with Gasteiger partial charge in [-0.2, -0.15) is 0 Å². The monoisotopic (exact) mass is 251 g/mol. The fourth-order valence-electron chi connectivity index (χ4n) is 2.20. The minimum Gasteiger partial charge on any atom is -0.458 e. The van der Waals surface area contributed by atoms with Gasteiger partial charge in [0.05, 0.1) is 5.56 Å². The smallest absolute Gasteiger partial charge is 0.338 e. The van der Waals surface area contributed by atoms with Gasteiger partial charge < -0.3 is 4.74 Å². The number of carbonyl (C=O) groups is 1. The lowest BCUT2D eigenvalue weighted by Gasteiger charge is -2.20. The molecule has 2 rings (SSSR count). The van der Waals surface area contributed by atoms with Crippen molar-refractivity contribution in [3.05, 3.63) is 35.6 Å². The highest BCUT2D eigenvalue weighted by Crippen LogP contribution is 2.11. The van der Waals surface area contributed by atoms with Gasteiger partial charge in [-0.25, -0.2) is 9.18 Å². The van der Waals surface area contributed by atoms with E-state index in [0.717, 1.165) is 19.6 Å². The van der Waals surface area contributed by atoms with Gasteiger partial charge in [0.25, 0.3) is 0 Å². The Morgan fingerprint density at radius 2 is 1.94 bits per heavy atom. The summed E-state index contributed by atoms with van der Waals surface area (Å²) in [7, 11) is 0. The van der Waals surface area contributed by atoms with E-state index in [1.165, 1.54) is 37.1 Å². The molecule has 0 saturated carbocycles. The molecule has 18 heavy (non-hydrogen) atoms. The van der Waals surface area contributed by atoms with E-state index < -0.39 is 0 Å². The molecular weight excluding hydrogens is 233 g/mol. The summed E-state index contributed by atoms with van der Waals surface area (Å²) >= 11 is 0. The predicted octanol–water partition coefficient (Wildman–Crippen LogP) is 2.47. The van der Waals surface area contributed by atoms with Gasteiger partial charge in [0.2, 0.25) is 0 Å². The Morgan fingerprint density at radius 1 is 1.33 bits per heavy atom. The second-order valence-corrected chi connectivity index (χ2v) is 4.73. The van der Waals surface area contributed by atoms with E-state index in [1.807, 2.05) is 6.92 Å². The summed E-state index contributed by atoms with van der Waals surface area (Å²) in [5, 5.41) is 0. The van der Waals surface area contributed by atoms with E-state index in [0.29, 0.717) is 5.56 Å². The lowest BCUT2D eigenvalue weighted by atomic mass is 10.2. The van der Waals surface area contributed by atoms with E-state index in [1.54, 1.807) is 0 Å². The summed E-state index contributed by atoms with van der Waals surface area (Å²) in [6.07, 6.45) is 2.30. The third kappa shape index (κ3) is 3.53. The number of nitrogens with zero attached hydrogens (tertiary/aromatic N) is 1. The molecule has 0 spiro atoms. The first-order chi connectivity index (χ1) is 8.65. The van der Waals surface area contributed by atoms with Crippen molar-refractivity contribution in [1.29, 1.82) is 0 Å². The molecule has 4 heteroatoms. The van der Waals surface area contributed by atoms with Gasteiger partial charge in [-0.3, -0.25) is 4.90 Å². The van der Waals surface area contributed by atoms with Crippen LogP contribution in [0.1, 0.15) is 30.1 Å². The van der Waals surface area contributed by atoms with Gasteiger partial charge >= 0.3 is 5.97 Å². The summed E-state index contributed by atoms with van der Waals surface area (Å²) in [5.74, 6) is -0.738. The van der Waals surface area contributed by atoms with E-state index in [4.69, 9.17) is 4.74 Å². The van der Waals surface area contributed by atoms with Crippen LogP contribution in [0.25, 0.3) is 0 Å². The van der Waals surface area contributed by atoms with Crippen LogP contribution < -0.4 is 0 Å². The SMILES string of the molecule is C[C@H](CN1CCCC1)OC(=O)c1ccc(F)cc1. The van der Waals surface area contributed by atoms with Crippen LogP contribution in [0.15, 0.2) is 24.3 Å². The number of halogens is 1. The molecule has 1 saturated heterocycles. The maximum absolute atomic E-state index is 12.7. The molecule has 1 fully saturated rings. The quantitative estimate of drug-likeness (QED) is 0.770. The third-order valence-corrected chi connectivity index (χ3v) is 3.10. The third-order valence-electron chi connectivity index (χ3n) is 3.10. The minimum atomic E-state index is -0.387. The molecule has 0 N–H and O–H groups in total. The van der Waals surface area contributed by atoms with Crippen LogP contribution in [-0.4, -0.2) is 36.6 Å². The number of carbonyl (C=O) groups excluding carboxylic acids is 1. The van der Waals surface area contributed by atoms with Crippen molar-refractivity contribution in [2.24, 2.45) is 0 Å². The fraction of sp³-hybridized carbons (Fsp3) is 0.500. The molecule has 1 aromatic carbocycles. The number of hydrogen-bond donors (Lipinski definition) is 0. The Balaban J connectivity index is 1.84. The highest BCUT2D eigenvalue weighted by Gasteiger charge is 2.17. The van der Waals surface area contributed by atoms with Gasteiger partial charge in [0, 0.05) is 6.54 Å². The molecule has 0 bridgehead atoms. The molecule has 0 radical (unpaired) electrons. The van der Waals surface area contributed by atoms with Gasteiger partial charge in [0.1, 0.15) is 11.9 Å². The van der Waals surface area contributed by atoms with Crippen molar-refractivity contribution >= 4 is 5.97 Å². The van der Waals surface area contributed by atoms with Crippen LogP contribution in [0.4, 0.5) is 4.39 Å². The standard InChI is InChI=1S/C14H18FNO2/c1-11(10-16-8-2-3-9-16)18-14(17)12-4-6-13(15)7-5-12/h4-7,11H,2-3,8-10H2,1H3/t11-/m1/s1.